The van der Waals surface area contributed by atoms with Gasteiger partial charge in [0.05, 0.1) is 0 Å². The third kappa shape index (κ3) is 2.39. The molecule has 2 aromatic carbocycles. The van der Waals surface area contributed by atoms with Crippen molar-refractivity contribution >= 4 is 11.7 Å². The lowest BCUT2D eigenvalue weighted by atomic mass is 9.83. The van der Waals surface area contributed by atoms with Crippen molar-refractivity contribution < 1.29 is 9.53 Å². The van der Waals surface area contributed by atoms with Crippen molar-refractivity contribution in [1.82, 2.24) is 4.90 Å². The Bertz CT molecular complexity index is 785. The number of nitrogen functional groups attached to an aromatic ring is 1. The van der Waals surface area contributed by atoms with Gasteiger partial charge in [-0.25, -0.2) is 0 Å². The third-order valence-electron chi connectivity index (χ3n) is 4.93. The maximum absolute atomic E-state index is 11.4. The van der Waals surface area contributed by atoms with Crippen LogP contribution in [0.2, 0.25) is 0 Å². The molecule has 0 aliphatic carbocycles. The second-order valence-electron chi connectivity index (χ2n) is 6.35. The molecule has 1 unspecified atom stereocenters. The van der Waals surface area contributed by atoms with E-state index in [2.05, 4.69) is 17.0 Å². The molecule has 1 atom stereocenters. The van der Waals surface area contributed by atoms with Gasteiger partial charge in [0, 0.05) is 37.3 Å². The van der Waals surface area contributed by atoms with Crippen LogP contribution in [0.1, 0.15) is 35.2 Å². The summed E-state index contributed by atoms with van der Waals surface area (Å²) in [6.45, 7) is 3.36. The zero-order valence-corrected chi connectivity index (χ0v) is 13.2. The van der Waals surface area contributed by atoms with Gasteiger partial charge >= 0.3 is 5.97 Å². The number of rotatable bonds is 1. The minimum absolute atomic E-state index is 0.268. The number of ether oxygens (including phenoxy) is 1. The molecule has 2 aromatic rings. The highest BCUT2D eigenvalue weighted by atomic mass is 16.5. The van der Waals surface area contributed by atoms with Gasteiger partial charge in [0.1, 0.15) is 5.75 Å². The summed E-state index contributed by atoms with van der Waals surface area (Å²) in [6, 6.07) is 12.4. The second kappa shape index (κ2) is 5.39. The van der Waals surface area contributed by atoms with Crippen LogP contribution in [0.4, 0.5) is 5.69 Å². The van der Waals surface area contributed by atoms with Crippen LogP contribution in [0, 0.1) is 0 Å². The summed E-state index contributed by atoms with van der Waals surface area (Å²) in [5.41, 5.74) is 12.1. The van der Waals surface area contributed by atoms with Crippen molar-refractivity contribution in [2.45, 2.75) is 32.4 Å². The number of esters is 1. The Hall–Kier alpha value is -2.33. The molecule has 4 nitrogen and oxygen atoms in total. The van der Waals surface area contributed by atoms with E-state index in [0.29, 0.717) is 5.75 Å². The molecular formula is C19H20N2O2. The van der Waals surface area contributed by atoms with Gasteiger partial charge in [-0.2, -0.15) is 0 Å². The van der Waals surface area contributed by atoms with Gasteiger partial charge in [0.15, 0.2) is 0 Å². The lowest BCUT2D eigenvalue weighted by molar-refractivity contribution is -0.131. The van der Waals surface area contributed by atoms with Crippen molar-refractivity contribution in [1.29, 1.82) is 0 Å². The van der Waals surface area contributed by atoms with Crippen molar-refractivity contribution in [2.24, 2.45) is 0 Å². The Morgan fingerprint density at radius 1 is 1.22 bits per heavy atom. The van der Waals surface area contributed by atoms with Crippen molar-refractivity contribution in [3.05, 3.63) is 58.7 Å². The van der Waals surface area contributed by atoms with Gasteiger partial charge in [-0.1, -0.05) is 24.3 Å². The van der Waals surface area contributed by atoms with Gasteiger partial charge in [-0.05, 0) is 41.7 Å². The summed E-state index contributed by atoms with van der Waals surface area (Å²) in [5, 5.41) is 0. The molecule has 0 radical (unpaired) electrons. The molecule has 118 valence electrons. The van der Waals surface area contributed by atoms with E-state index < -0.39 is 0 Å². The number of nitrogens with zero attached hydrogens (tertiary/aromatic N) is 1. The van der Waals surface area contributed by atoms with Gasteiger partial charge in [0.25, 0.3) is 0 Å². The number of hydrogen-bond acceptors (Lipinski definition) is 4. The molecule has 0 bridgehead atoms. The Morgan fingerprint density at radius 3 is 2.83 bits per heavy atom. The van der Waals surface area contributed by atoms with Gasteiger partial charge in [0.2, 0.25) is 0 Å². The van der Waals surface area contributed by atoms with E-state index >= 15 is 0 Å². The summed E-state index contributed by atoms with van der Waals surface area (Å²) in [6.07, 6.45) is 1.87. The average molecular weight is 308 g/mol. The molecule has 0 fully saturated rings. The fourth-order valence-corrected chi connectivity index (χ4v) is 3.93. The van der Waals surface area contributed by atoms with E-state index in [1.54, 1.807) is 0 Å². The molecule has 0 amide bonds. The van der Waals surface area contributed by atoms with Crippen LogP contribution in [0.5, 0.6) is 5.75 Å². The molecule has 4 heteroatoms. The van der Waals surface area contributed by atoms with Gasteiger partial charge < -0.3 is 10.5 Å². The summed E-state index contributed by atoms with van der Waals surface area (Å²) in [7, 11) is 0. The van der Waals surface area contributed by atoms with Crippen LogP contribution in [0.3, 0.4) is 0 Å². The Morgan fingerprint density at radius 2 is 2.00 bits per heavy atom. The van der Waals surface area contributed by atoms with E-state index in [4.69, 9.17) is 10.5 Å². The largest absolute Gasteiger partial charge is 0.426 e. The van der Waals surface area contributed by atoms with Crippen LogP contribution >= 0.6 is 0 Å². The standard InChI is InChI=1S/C19H20N2O2/c1-12(22)23-18-7-3-5-14-11-21-9-8-13-4-2-6-16(20)19(13)17(21)10-15(14)18/h2-7,17H,8-11,20H2,1H3. The van der Waals surface area contributed by atoms with Crippen molar-refractivity contribution in [3.8, 4) is 5.75 Å². The summed E-state index contributed by atoms with van der Waals surface area (Å²) >= 11 is 0. The van der Waals surface area contributed by atoms with Crippen LogP contribution in [0.15, 0.2) is 36.4 Å². The second-order valence-corrected chi connectivity index (χ2v) is 6.35. The number of fused-ring (bicyclic) bond motifs is 4. The Balaban J connectivity index is 1.78. The minimum Gasteiger partial charge on any atom is -0.426 e. The predicted molar refractivity (Wildman–Crippen MR) is 89.2 cm³/mol. The molecule has 2 N–H and O–H groups in total. The first-order valence-electron chi connectivity index (χ1n) is 8.04. The van der Waals surface area contributed by atoms with E-state index in [-0.39, 0.29) is 12.0 Å². The number of carbonyl (C=O) groups excluding carboxylic acids is 1. The van der Waals surface area contributed by atoms with E-state index in [9.17, 15) is 4.79 Å². The summed E-state index contributed by atoms with van der Waals surface area (Å²) in [4.78, 5) is 13.9. The minimum atomic E-state index is -0.274. The quantitative estimate of drug-likeness (QED) is 0.500. The molecule has 23 heavy (non-hydrogen) atoms. The van der Waals surface area contributed by atoms with Gasteiger partial charge in [-0.3, -0.25) is 9.69 Å². The average Bonchev–Trinajstić information content (AvgIpc) is 2.53. The Kier molecular flexibility index (Phi) is 3.34. The lowest BCUT2D eigenvalue weighted by Crippen LogP contribution is -2.40. The fourth-order valence-electron chi connectivity index (χ4n) is 3.93. The zero-order chi connectivity index (χ0) is 16.0. The predicted octanol–water partition coefficient (Wildman–Crippen LogP) is 2.85. The molecule has 0 aromatic heterocycles. The smallest absolute Gasteiger partial charge is 0.308 e. The molecule has 2 aliphatic rings. The highest BCUT2D eigenvalue weighted by Crippen LogP contribution is 2.42. The molecule has 2 aliphatic heterocycles. The number of hydrogen-bond donors (Lipinski definition) is 1. The zero-order valence-electron chi connectivity index (χ0n) is 13.2. The SMILES string of the molecule is CC(=O)Oc1cccc2c1CC1c3c(N)cccc3CCN1C2. The third-order valence-corrected chi connectivity index (χ3v) is 4.93. The number of nitrogens with two attached hydrogens (primary N) is 1. The lowest BCUT2D eigenvalue weighted by Gasteiger charge is -2.42. The highest BCUT2D eigenvalue weighted by molar-refractivity contribution is 5.70. The Labute approximate surface area is 135 Å². The first-order valence-corrected chi connectivity index (χ1v) is 8.04. The molecule has 0 saturated carbocycles. The maximum atomic E-state index is 11.4. The van der Waals surface area contributed by atoms with Gasteiger partial charge in [-0.15, -0.1) is 0 Å². The number of anilines is 1. The fraction of sp³-hybridized carbons (Fsp3) is 0.316. The van der Waals surface area contributed by atoms with Crippen LogP contribution < -0.4 is 10.5 Å². The summed E-state index contributed by atoms with van der Waals surface area (Å²) in [5.74, 6) is 0.417. The van der Waals surface area contributed by atoms with E-state index in [1.165, 1.54) is 23.6 Å². The van der Waals surface area contributed by atoms with Crippen LogP contribution in [-0.4, -0.2) is 17.4 Å². The topological polar surface area (TPSA) is 55.6 Å². The number of carbonyl (C=O) groups is 1. The number of benzene rings is 2. The van der Waals surface area contributed by atoms with Crippen molar-refractivity contribution in [3.63, 3.8) is 0 Å². The molecule has 2 heterocycles. The molecule has 4 rings (SSSR count). The molecule has 0 saturated heterocycles. The van der Waals surface area contributed by atoms with E-state index in [0.717, 1.165) is 37.2 Å². The first kappa shape index (κ1) is 14.3. The van der Waals surface area contributed by atoms with E-state index in [1.807, 2.05) is 24.3 Å². The normalized spacial score (nSPS) is 19.4. The van der Waals surface area contributed by atoms with Crippen molar-refractivity contribution in [2.75, 3.05) is 12.3 Å². The van der Waals surface area contributed by atoms with Crippen LogP contribution in [0.25, 0.3) is 0 Å². The highest BCUT2D eigenvalue weighted by Gasteiger charge is 2.34. The maximum Gasteiger partial charge on any atom is 0.308 e. The summed E-state index contributed by atoms with van der Waals surface area (Å²) < 4.78 is 5.42. The van der Waals surface area contributed by atoms with Crippen LogP contribution in [-0.2, 0) is 24.2 Å². The molecular weight excluding hydrogens is 288 g/mol. The first-order chi connectivity index (χ1) is 11.1. The molecule has 0 spiro atoms. The monoisotopic (exact) mass is 308 g/mol.